The van der Waals surface area contributed by atoms with Gasteiger partial charge in [0.25, 0.3) is 0 Å². The molecule has 3 nitrogen and oxygen atoms in total. The van der Waals surface area contributed by atoms with Crippen LogP contribution in [0.2, 0.25) is 0 Å². The molecule has 0 spiro atoms. The van der Waals surface area contributed by atoms with Gasteiger partial charge in [-0.2, -0.15) is 0 Å². The summed E-state index contributed by atoms with van der Waals surface area (Å²) in [4.78, 5) is 11.4. The van der Waals surface area contributed by atoms with Crippen LogP contribution >= 0.6 is 0 Å². The van der Waals surface area contributed by atoms with Crippen LogP contribution in [0.4, 0.5) is 0 Å². The molecule has 2 aromatic rings. The van der Waals surface area contributed by atoms with Crippen LogP contribution in [0.15, 0.2) is 54.6 Å². The maximum Gasteiger partial charge on any atom is 0.308 e. The van der Waals surface area contributed by atoms with Crippen molar-refractivity contribution in [1.29, 1.82) is 0 Å². The predicted octanol–water partition coefficient (Wildman–Crippen LogP) is 4.51. The fraction of sp³-hybridized carbons (Fsp3) is 0.316. The van der Waals surface area contributed by atoms with E-state index in [1.54, 1.807) is 0 Å². The largest absolute Gasteiger partial charge is 0.674 e. The molecule has 1 radical (unpaired) electrons. The van der Waals surface area contributed by atoms with E-state index in [-0.39, 0.29) is 38.4 Å². The Morgan fingerprint density at radius 1 is 1.04 bits per heavy atom. The van der Waals surface area contributed by atoms with Gasteiger partial charge in [-0.3, -0.25) is 4.79 Å². The molecule has 2 rings (SSSR count). The summed E-state index contributed by atoms with van der Waals surface area (Å²) in [5.74, 6) is -0.465. The minimum atomic E-state index is -0.295. The second kappa shape index (κ2) is 9.62. The molecular weight excluding hydrogens is 460 g/mol. The summed E-state index contributed by atoms with van der Waals surface area (Å²) in [6, 6.07) is 18.2. The zero-order valence-corrected chi connectivity index (χ0v) is 16.2. The second-order valence-corrected chi connectivity index (χ2v) is 5.62. The van der Waals surface area contributed by atoms with E-state index < -0.39 is 0 Å². The summed E-state index contributed by atoms with van der Waals surface area (Å²) in [6.07, 6.45) is 1.17. The monoisotopic (exact) mass is 483 g/mol. The van der Waals surface area contributed by atoms with E-state index in [1.807, 2.05) is 25.1 Å². The molecule has 2 atom stereocenters. The van der Waals surface area contributed by atoms with Crippen molar-refractivity contribution in [3.8, 4) is 11.1 Å². The number of rotatable bonds is 6. The summed E-state index contributed by atoms with van der Waals surface area (Å²) in [5, 5.41) is 0. The van der Waals surface area contributed by atoms with Gasteiger partial charge in [0, 0.05) is 20.4 Å². The number of hydrogen-bond acceptors (Lipinski definition) is 2. The van der Waals surface area contributed by atoms with Crippen molar-refractivity contribution in [3.63, 3.8) is 0 Å². The molecular formula is C19H22NO2Re-. The van der Waals surface area contributed by atoms with E-state index in [9.17, 15) is 4.79 Å². The Balaban J connectivity index is 0.00000264. The van der Waals surface area contributed by atoms with Crippen molar-refractivity contribution in [2.24, 2.45) is 5.92 Å². The maximum absolute atomic E-state index is 11.4. The van der Waals surface area contributed by atoms with Gasteiger partial charge in [-0.25, -0.2) is 0 Å². The molecule has 0 aliphatic rings. The number of benzene rings is 2. The molecule has 0 amide bonds. The average Bonchev–Trinajstić information content (AvgIpc) is 2.55. The van der Waals surface area contributed by atoms with Gasteiger partial charge in [0.2, 0.25) is 0 Å². The Kier molecular flexibility index (Phi) is 8.19. The normalized spacial score (nSPS) is 12.8. The first-order valence-corrected chi connectivity index (χ1v) is 7.53. The Hall–Kier alpha value is -1.47. The van der Waals surface area contributed by atoms with Gasteiger partial charge in [-0.05, 0) is 23.1 Å². The van der Waals surface area contributed by atoms with Gasteiger partial charge in [0.15, 0.2) is 0 Å². The summed E-state index contributed by atoms with van der Waals surface area (Å²) in [7, 11) is 1.39. The predicted molar refractivity (Wildman–Crippen MR) is 89.5 cm³/mol. The van der Waals surface area contributed by atoms with Crippen LogP contribution in [0.3, 0.4) is 0 Å². The molecule has 0 saturated carbocycles. The van der Waals surface area contributed by atoms with Crippen LogP contribution in [-0.4, -0.2) is 19.1 Å². The van der Waals surface area contributed by atoms with Gasteiger partial charge in [0.1, 0.15) is 0 Å². The molecule has 23 heavy (non-hydrogen) atoms. The smallest absolute Gasteiger partial charge is 0.308 e. The van der Waals surface area contributed by atoms with Crippen LogP contribution in [0, 0.1) is 5.92 Å². The van der Waals surface area contributed by atoms with Gasteiger partial charge in [0.05, 0.1) is 13.0 Å². The average molecular weight is 483 g/mol. The van der Waals surface area contributed by atoms with Crippen LogP contribution in [0.25, 0.3) is 16.9 Å². The molecule has 1 N–H and O–H groups in total. The minimum Gasteiger partial charge on any atom is -0.674 e. The van der Waals surface area contributed by atoms with E-state index in [1.165, 1.54) is 18.2 Å². The summed E-state index contributed by atoms with van der Waals surface area (Å²) >= 11 is 0. The molecule has 0 fully saturated rings. The van der Waals surface area contributed by atoms with E-state index in [0.29, 0.717) is 12.8 Å². The summed E-state index contributed by atoms with van der Waals surface area (Å²) in [6.45, 7) is 1.81. The number of ether oxygens (including phenoxy) is 1. The molecule has 0 aliphatic heterocycles. The number of carbonyl (C=O) groups is 1. The zero-order chi connectivity index (χ0) is 15.9. The Bertz CT molecular complexity index is 599. The Labute approximate surface area is 151 Å². The van der Waals surface area contributed by atoms with Crippen molar-refractivity contribution >= 4 is 5.97 Å². The molecule has 0 saturated heterocycles. The number of methoxy groups -OCH3 is 1. The Morgan fingerprint density at radius 3 is 2.17 bits per heavy atom. The maximum atomic E-state index is 11.4. The third-order valence-electron chi connectivity index (χ3n) is 3.78. The first-order valence-electron chi connectivity index (χ1n) is 7.53. The number of esters is 1. The van der Waals surface area contributed by atoms with Crippen LogP contribution in [-0.2, 0) is 36.4 Å². The third-order valence-corrected chi connectivity index (χ3v) is 3.78. The Morgan fingerprint density at radius 2 is 1.61 bits per heavy atom. The fourth-order valence-electron chi connectivity index (χ4n) is 2.56. The molecule has 4 heteroatoms. The van der Waals surface area contributed by atoms with E-state index in [4.69, 9.17) is 10.5 Å². The molecule has 0 aliphatic carbocycles. The molecule has 0 bridgehead atoms. The van der Waals surface area contributed by atoms with Crippen molar-refractivity contribution in [2.75, 3.05) is 7.11 Å². The van der Waals surface area contributed by atoms with Crippen molar-refractivity contribution in [2.45, 2.75) is 25.8 Å². The van der Waals surface area contributed by atoms with Gasteiger partial charge >= 0.3 is 5.97 Å². The molecule has 2 aromatic carbocycles. The van der Waals surface area contributed by atoms with Crippen LogP contribution in [0.5, 0.6) is 0 Å². The molecule has 123 valence electrons. The number of hydrogen-bond donors (Lipinski definition) is 0. The standard InChI is InChI=1S/C19H22NO2.Re/c1-14(19(21)22-2)12-18(20)13-15-8-10-17(11-9-15)16-6-4-3-5-7-16;/h3-11,14,18,20H,12-13H2,1-2H3;/q-1;. The van der Waals surface area contributed by atoms with E-state index >= 15 is 0 Å². The molecule has 0 aromatic heterocycles. The van der Waals surface area contributed by atoms with Gasteiger partial charge in [-0.15, -0.1) is 6.04 Å². The van der Waals surface area contributed by atoms with Gasteiger partial charge < -0.3 is 10.5 Å². The fourth-order valence-corrected chi connectivity index (χ4v) is 2.56. The van der Waals surface area contributed by atoms with Gasteiger partial charge in [-0.1, -0.05) is 67.9 Å². The summed E-state index contributed by atoms with van der Waals surface area (Å²) < 4.78 is 4.71. The second-order valence-electron chi connectivity index (χ2n) is 5.62. The van der Waals surface area contributed by atoms with E-state index in [0.717, 1.165) is 5.56 Å². The van der Waals surface area contributed by atoms with Crippen molar-refractivity contribution < 1.29 is 30.0 Å². The SMILES string of the molecule is COC(=O)C(C)CC([NH-])Cc1ccc(-c2ccccc2)cc1.[Re]. The zero-order valence-electron chi connectivity index (χ0n) is 13.5. The molecule has 2 unspecified atom stereocenters. The molecule has 0 heterocycles. The number of carbonyl (C=O) groups excluding carboxylic acids is 1. The minimum absolute atomic E-state index is 0. The summed E-state index contributed by atoms with van der Waals surface area (Å²) in [5.41, 5.74) is 11.6. The third kappa shape index (κ3) is 5.91. The topological polar surface area (TPSA) is 50.1 Å². The first kappa shape index (κ1) is 19.6. The van der Waals surface area contributed by atoms with Crippen LogP contribution < -0.4 is 0 Å². The quantitative estimate of drug-likeness (QED) is 0.569. The van der Waals surface area contributed by atoms with E-state index in [2.05, 4.69) is 36.4 Å². The van der Waals surface area contributed by atoms with Crippen LogP contribution in [0.1, 0.15) is 18.9 Å². The number of nitrogens with one attached hydrogen (secondary N) is 1. The first-order chi connectivity index (χ1) is 10.6. The van der Waals surface area contributed by atoms with Crippen molar-refractivity contribution in [3.05, 3.63) is 65.9 Å². The van der Waals surface area contributed by atoms with Crippen molar-refractivity contribution in [1.82, 2.24) is 0 Å².